The number of benzene rings is 2. The van der Waals surface area contributed by atoms with Crippen LogP contribution in [0.1, 0.15) is 36.0 Å². The third kappa shape index (κ3) is 5.25. The van der Waals surface area contributed by atoms with Gasteiger partial charge in [0.2, 0.25) is 17.6 Å². The van der Waals surface area contributed by atoms with Crippen LogP contribution in [-0.4, -0.2) is 47.1 Å². The zero-order valence-electron chi connectivity index (χ0n) is 20.1. The number of aromatic nitrogens is 1. The number of rotatable bonds is 6. The number of anilines is 3. The standard InChI is InChI=1S/C25H25N5O5S/c1-25(2,3)23(33)26-22-21(20(32)16-7-5-4-6-8-16)36-24(27-22)28-13-14-29(19(31)15-28)17-9-11-18(12-10-17)30(34)35/h4-12H,13-15H2,1-3H3,(H,26,33). The van der Waals surface area contributed by atoms with Crippen molar-refractivity contribution >= 4 is 51.3 Å². The number of piperazine rings is 1. The van der Waals surface area contributed by atoms with Crippen molar-refractivity contribution in [2.75, 3.05) is 34.8 Å². The molecule has 4 rings (SSSR count). The van der Waals surface area contributed by atoms with Crippen LogP contribution in [0.3, 0.4) is 0 Å². The van der Waals surface area contributed by atoms with Crippen LogP contribution in [0.15, 0.2) is 54.6 Å². The number of hydrogen-bond acceptors (Lipinski definition) is 8. The number of thiazole rings is 1. The Balaban J connectivity index is 1.58. The number of hydrogen-bond donors (Lipinski definition) is 1. The van der Waals surface area contributed by atoms with Crippen molar-refractivity contribution in [3.8, 4) is 0 Å². The zero-order chi connectivity index (χ0) is 26.0. The van der Waals surface area contributed by atoms with Gasteiger partial charge in [-0.3, -0.25) is 24.5 Å². The number of carbonyl (C=O) groups excluding carboxylic acids is 3. The Labute approximate surface area is 211 Å². The van der Waals surface area contributed by atoms with Crippen molar-refractivity contribution < 1.29 is 19.3 Å². The molecular formula is C25H25N5O5S. The Morgan fingerprint density at radius 1 is 1.06 bits per heavy atom. The molecule has 0 spiro atoms. The lowest BCUT2D eigenvalue weighted by molar-refractivity contribution is -0.384. The summed E-state index contributed by atoms with van der Waals surface area (Å²) in [6, 6.07) is 14.6. The van der Waals surface area contributed by atoms with Gasteiger partial charge in [0.1, 0.15) is 4.88 Å². The molecule has 0 radical (unpaired) electrons. The van der Waals surface area contributed by atoms with Gasteiger partial charge in [-0.25, -0.2) is 4.98 Å². The summed E-state index contributed by atoms with van der Waals surface area (Å²) >= 11 is 1.13. The highest BCUT2D eigenvalue weighted by molar-refractivity contribution is 7.18. The fourth-order valence-electron chi connectivity index (χ4n) is 3.56. The van der Waals surface area contributed by atoms with Gasteiger partial charge in [0.05, 0.1) is 11.5 Å². The molecule has 0 atom stereocenters. The minimum atomic E-state index is -0.691. The molecule has 1 saturated heterocycles. The molecule has 2 heterocycles. The largest absolute Gasteiger partial charge is 0.337 e. The van der Waals surface area contributed by atoms with Crippen molar-refractivity contribution in [3.63, 3.8) is 0 Å². The van der Waals surface area contributed by atoms with Gasteiger partial charge in [-0.15, -0.1) is 0 Å². The van der Waals surface area contributed by atoms with E-state index in [9.17, 15) is 24.5 Å². The van der Waals surface area contributed by atoms with Crippen LogP contribution in [0.5, 0.6) is 0 Å². The van der Waals surface area contributed by atoms with E-state index in [1.165, 1.54) is 12.1 Å². The predicted molar refractivity (Wildman–Crippen MR) is 138 cm³/mol. The number of amides is 2. The topological polar surface area (TPSA) is 126 Å². The number of carbonyl (C=O) groups is 3. The molecule has 0 bridgehead atoms. The summed E-state index contributed by atoms with van der Waals surface area (Å²) in [5.41, 5.74) is 0.303. The monoisotopic (exact) mass is 507 g/mol. The number of non-ortho nitro benzene ring substituents is 1. The van der Waals surface area contributed by atoms with Crippen LogP contribution < -0.4 is 15.1 Å². The summed E-state index contributed by atoms with van der Waals surface area (Å²) in [6.07, 6.45) is 0. The second-order valence-electron chi connectivity index (χ2n) is 9.31. The Bertz CT molecular complexity index is 1310. The first kappa shape index (κ1) is 25.0. The molecule has 1 aliphatic rings. The number of nitro benzene ring substituents is 1. The quantitative estimate of drug-likeness (QED) is 0.302. The van der Waals surface area contributed by atoms with Crippen LogP contribution in [0, 0.1) is 15.5 Å². The Hall–Kier alpha value is -4.12. The van der Waals surface area contributed by atoms with Crippen molar-refractivity contribution in [3.05, 3.63) is 75.2 Å². The molecule has 1 aromatic heterocycles. The van der Waals surface area contributed by atoms with Crippen molar-refractivity contribution in [1.82, 2.24) is 4.98 Å². The maximum absolute atomic E-state index is 13.2. The fraction of sp³-hybridized carbons (Fsp3) is 0.280. The molecule has 2 amide bonds. The molecule has 0 aliphatic carbocycles. The van der Waals surface area contributed by atoms with Gasteiger partial charge in [-0.1, -0.05) is 62.4 Å². The summed E-state index contributed by atoms with van der Waals surface area (Å²) in [5.74, 6) is -0.574. The van der Waals surface area contributed by atoms with E-state index in [1.54, 1.807) is 67.0 Å². The molecule has 1 N–H and O–H groups in total. The van der Waals surface area contributed by atoms with Crippen molar-refractivity contribution in [2.45, 2.75) is 20.8 Å². The predicted octanol–water partition coefficient (Wildman–Crippen LogP) is 4.12. The van der Waals surface area contributed by atoms with Crippen molar-refractivity contribution in [1.29, 1.82) is 0 Å². The summed E-state index contributed by atoms with van der Waals surface area (Å²) in [5, 5.41) is 14.1. The molecule has 1 aliphatic heterocycles. The third-order valence-electron chi connectivity index (χ3n) is 5.63. The number of nitrogens with zero attached hydrogens (tertiary/aromatic N) is 4. The molecular weight excluding hydrogens is 482 g/mol. The molecule has 0 saturated carbocycles. The second kappa shape index (κ2) is 9.86. The summed E-state index contributed by atoms with van der Waals surface area (Å²) in [6.45, 7) is 6.08. The third-order valence-corrected chi connectivity index (χ3v) is 6.75. The van der Waals surface area contributed by atoms with Gasteiger partial charge >= 0.3 is 0 Å². The highest BCUT2D eigenvalue weighted by atomic mass is 32.1. The van der Waals surface area contributed by atoms with Gasteiger partial charge in [0.15, 0.2) is 10.9 Å². The van der Waals surface area contributed by atoms with E-state index < -0.39 is 10.3 Å². The smallest absolute Gasteiger partial charge is 0.269 e. The molecule has 3 aromatic rings. The molecule has 2 aromatic carbocycles. The summed E-state index contributed by atoms with van der Waals surface area (Å²) in [4.78, 5) is 57.4. The van der Waals surface area contributed by atoms with Gasteiger partial charge in [0, 0.05) is 41.9 Å². The molecule has 1 fully saturated rings. The molecule has 10 nitrogen and oxygen atoms in total. The lowest BCUT2D eigenvalue weighted by atomic mass is 9.96. The first-order chi connectivity index (χ1) is 17.0. The lowest BCUT2D eigenvalue weighted by Crippen LogP contribution is -2.50. The normalized spacial score (nSPS) is 14.0. The average molecular weight is 508 g/mol. The van der Waals surface area contributed by atoms with Crippen LogP contribution in [0.2, 0.25) is 0 Å². The van der Waals surface area contributed by atoms with E-state index in [0.717, 1.165) is 11.3 Å². The number of nitro groups is 1. The van der Waals surface area contributed by atoms with Gasteiger partial charge < -0.3 is 15.1 Å². The maximum Gasteiger partial charge on any atom is 0.269 e. The number of nitrogens with one attached hydrogen (secondary N) is 1. The lowest BCUT2D eigenvalue weighted by Gasteiger charge is -2.34. The summed E-state index contributed by atoms with van der Waals surface area (Å²) < 4.78 is 0. The molecule has 11 heteroatoms. The van der Waals surface area contributed by atoms with E-state index in [1.807, 2.05) is 6.07 Å². The first-order valence-electron chi connectivity index (χ1n) is 11.3. The van der Waals surface area contributed by atoms with Gasteiger partial charge in [-0.2, -0.15) is 0 Å². The van der Waals surface area contributed by atoms with E-state index >= 15 is 0 Å². The van der Waals surface area contributed by atoms with E-state index in [4.69, 9.17) is 0 Å². The van der Waals surface area contributed by atoms with Gasteiger partial charge in [-0.05, 0) is 12.1 Å². The van der Waals surface area contributed by atoms with E-state index in [2.05, 4.69) is 10.3 Å². The average Bonchev–Trinajstić information content (AvgIpc) is 3.27. The van der Waals surface area contributed by atoms with E-state index in [0.29, 0.717) is 34.3 Å². The van der Waals surface area contributed by atoms with Crippen molar-refractivity contribution in [2.24, 2.45) is 5.41 Å². The van der Waals surface area contributed by atoms with E-state index in [-0.39, 0.29) is 35.6 Å². The van der Waals surface area contributed by atoms with Crippen LogP contribution in [0.25, 0.3) is 0 Å². The highest BCUT2D eigenvalue weighted by Gasteiger charge is 2.31. The Morgan fingerprint density at radius 2 is 1.72 bits per heavy atom. The minimum Gasteiger partial charge on any atom is -0.337 e. The summed E-state index contributed by atoms with van der Waals surface area (Å²) in [7, 11) is 0. The molecule has 0 unspecified atom stereocenters. The van der Waals surface area contributed by atoms with Crippen LogP contribution in [-0.2, 0) is 9.59 Å². The fourth-order valence-corrected chi connectivity index (χ4v) is 4.57. The minimum absolute atomic E-state index is 0.0100. The maximum atomic E-state index is 13.2. The Morgan fingerprint density at radius 3 is 2.31 bits per heavy atom. The zero-order valence-corrected chi connectivity index (χ0v) is 20.9. The first-order valence-corrected chi connectivity index (χ1v) is 12.1. The van der Waals surface area contributed by atoms with Gasteiger partial charge in [0.25, 0.3) is 5.69 Å². The van der Waals surface area contributed by atoms with Crippen LogP contribution in [0.4, 0.5) is 22.3 Å². The molecule has 36 heavy (non-hydrogen) atoms. The molecule has 186 valence electrons. The number of ketones is 1. The SMILES string of the molecule is CC(C)(C)C(=O)Nc1nc(N2CCN(c3ccc([N+](=O)[O-])cc3)C(=O)C2)sc1C(=O)c1ccccc1. The van der Waals surface area contributed by atoms with Crippen LogP contribution >= 0.6 is 11.3 Å². The highest BCUT2D eigenvalue weighted by Crippen LogP contribution is 2.34. The Kier molecular flexibility index (Phi) is 6.84. The second-order valence-corrected chi connectivity index (χ2v) is 10.3.